The van der Waals surface area contributed by atoms with Gasteiger partial charge in [0, 0.05) is 5.56 Å². The topological polar surface area (TPSA) is 78.6 Å². The van der Waals surface area contributed by atoms with Crippen LogP contribution in [0, 0.1) is 6.92 Å². The second-order valence-corrected chi connectivity index (χ2v) is 7.93. The number of methoxy groups -OCH3 is 1. The van der Waals surface area contributed by atoms with E-state index in [2.05, 4.69) is 15.1 Å². The summed E-state index contributed by atoms with van der Waals surface area (Å²) in [4.78, 5) is 22.0. The monoisotopic (exact) mass is 468 g/mol. The van der Waals surface area contributed by atoms with Gasteiger partial charge in [0.15, 0.2) is 11.5 Å². The maximum Gasteiger partial charge on any atom is 0.348 e. The van der Waals surface area contributed by atoms with Crippen molar-refractivity contribution in [1.82, 2.24) is 19.6 Å². The van der Waals surface area contributed by atoms with Gasteiger partial charge in [0.2, 0.25) is 0 Å². The van der Waals surface area contributed by atoms with Crippen LogP contribution in [-0.2, 0) is 16.1 Å². The van der Waals surface area contributed by atoms with Crippen molar-refractivity contribution in [3.05, 3.63) is 46.6 Å². The summed E-state index contributed by atoms with van der Waals surface area (Å²) in [5, 5.41) is 5.11. The Balaban J connectivity index is 1.58. The first-order valence-corrected chi connectivity index (χ1v) is 10.1. The van der Waals surface area contributed by atoms with Gasteiger partial charge in [-0.3, -0.25) is 0 Å². The van der Waals surface area contributed by atoms with Crippen LogP contribution in [0.3, 0.4) is 0 Å². The summed E-state index contributed by atoms with van der Waals surface area (Å²) in [5.41, 5.74) is 2.39. The van der Waals surface area contributed by atoms with Gasteiger partial charge in [-0.1, -0.05) is 24.3 Å². The highest BCUT2D eigenvalue weighted by atomic mass is 32.1. The number of nitrogens with zero attached hydrogens (tertiary/aromatic N) is 4. The van der Waals surface area contributed by atoms with Gasteiger partial charge in [0.05, 0.1) is 19.1 Å². The molecule has 0 spiro atoms. The number of benzene rings is 1. The van der Waals surface area contributed by atoms with E-state index in [0.717, 1.165) is 0 Å². The summed E-state index contributed by atoms with van der Waals surface area (Å²) >= 11 is 1.21. The molecule has 3 aromatic heterocycles. The van der Waals surface area contributed by atoms with Crippen molar-refractivity contribution in [2.75, 3.05) is 13.7 Å². The largest absolute Gasteiger partial charge is 0.465 e. The van der Waals surface area contributed by atoms with Gasteiger partial charge in [-0.2, -0.15) is 8.78 Å². The van der Waals surface area contributed by atoms with Gasteiger partial charge in [-0.05, 0) is 18.1 Å². The van der Waals surface area contributed by atoms with Crippen molar-refractivity contribution in [2.24, 2.45) is 0 Å². The van der Waals surface area contributed by atoms with Crippen LogP contribution in [0.1, 0.15) is 20.8 Å². The maximum absolute atomic E-state index is 12.9. The van der Waals surface area contributed by atoms with E-state index in [0.29, 0.717) is 43.3 Å². The molecule has 4 rings (SSSR count). The van der Waals surface area contributed by atoms with Crippen molar-refractivity contribution in [3.63, 3.8) is 0 Å². The van der Waals surface area contributed by atoms with Gasteiger partial charge in [-0.25, -0.2) is 28.1 Å². The van der Waals surface area contributed by atoms with Crippen molar-refractivity contribution < 1.29 is 31.8 Å². The summed E-state index contributed by atoms with van der Waals surface area (Å²) in [6, 6.07) is 6.56. The minimum Gasteiger partial charge on any atom is -0.465 e. The Hall–Kier alpha value is -3.12. The molecule has 0 saturated heterocycles. The molecule has 1 aromatic carbocycles. The average Bonchev–Trinajstić information content (AvgIpc) is 3.34. The first-order chi connectivity index (χ1) is 15.2. The molecule has 0 fully saturated rings. The molecule has 32 heavy (non-hydrogen) atoms. The minimum absolute atomic E-state index is 0.240. The third-order valence-electron chi connectivity index (χ3n) is 4.73. The number of thiophene rings is 1. The van der Waals surface area contributed by atoms with E-state index >= 15 is 0 Å². The van der Waals surface area contributed by atoms with E-state index in [1.165, 1.54) is 29.3 Å². The Morgan fingerprint density at radius 3 is 2.62 bits per heavy atom. The van der Waals surface area contributed by atoms with Gasteiger partial charge in [0.25, 0.3) is 0 Å². The van der Waals surface area contributed by atoms with Crippen molar-refractivity contribution in [3.8, 4) is 11.4 Å². The minimum atomic E-state index is -4.19. The first-order valence-electron chi connectivity index (χ1n) is 9.27. The quantitative estimate of drug-likeness (QED) is 0.293. The number of aryl methyl sites for hydroxylation is 1. The standard InChI is InChI=1S/C20H16F4N4O3S/c1-10-13-16-26-15(27-28(16)9-25-17(13)32-14(10)18(29)30-2)12-5-3-11(4-6-12)7-31-8-20(23,24)19(21)22/h3-6,9,19H,7-8H2,1-2H3. The number of hydrogen-bond donors (Lipinski definition) is 0. The Kier molecular flexibility index (Phi) is 5.82. The summed E-state index contributed by atoms with van der Waals surface area (Å²) in [6.07, 6.45) is -2.28. The Morgan fingerprint density at radius 1 is 1.25 bits per heavy atom. The summed E-state index contributed by atoms with van der Waals surface area (Å²) in [7, 11) is 1.31. The zero-order valence-corrected chi connectivity index (χ0v) is 17.6. The third-order valence-corrected chi connectivity index (χ3v) is 5.91. The molecule has 0 aliphatic carbocycles. The normalized spacial score (nSPS) is 12.2. The zero-order valence-electron chi connectivity index (χ0n) is 16.8. The Morgan fingerprint density at radius 2 is 1.97 bits per heavy atom. The van der Waals surface area contributed by atoms with E-state index < -0.39 is 24.9 Å². The lowest BCUT2D eigenvalue weighted by Crippen LogP contribution is -2.32. The van der Waals surface area contributed by atoms with E-state index in [1.54, 1.807) is 31.2 Å². The number of hydrogen-bond acceptors (Lipinski definition) is 7. The van der Waals surface area contributed by atoms with Crippen LogP contribution < -0.4 is 0 Å². The second kappa shape index (κ2) is 8.43. The summed E-state index contributed by atoms with van der Waals surface area (Å²) in [5.74, 6) is -4.25. The molecule has 12 heteroatoms. The fraction of sp³-hybridized carbons (Fsp3) is 0.300. The van der Waals surface area contributed by atoms with Crippen molar-refractivity contribution >= 4 is 33.2 Å². The maximum atomic E-state index is 12.9. The molecule has 4 aromatic rings. The number of fused-ring (bicyclic) bond motifs is 3. The number of carbonyl (C=O) groups is 1. The number of ether oxygens (including phenoxy) is 2. The molecule has 7 nitrogen and oxygen atoms in total. The SMILES string of the molecule is COC(=O)c1sc2ncn3nc(-c4ccc(COCC(F)(F)C(F)F)cc4)nc3c2c1C. The average molecular weight is 468 g/mol. The molecule has 0 radical (unpaired) electrons. The number of aromatic nitrogens is 4. The zero-order chi connectivity index (χ0) is 23.0. The van der Waals surface area contributed by atoms with Crippen LogP contribution in [0.15, 0.2) is 30.6 Å². The Bertz CT molecular complexity index is 1290. The van der Waals surface area contributed by atoms with Crippen LogP contribution in [0.4, 0.5) is 17.6 Å². The molecule has 0 unspecified atom stereocenters. The highest BCUT2D eigenvalue weighted by molar-refractivity contribution is 7.20. The summed E-state index contributed by atoms with van der Waals surface area (Å²) in [6.45, 7) is 0.181. The number of rotatable bonds is 7. The number of carbonyl (C=O) groups excluding carboxylic acids is 1. The molecule has 168 valence electrons. The predicted molar refractivity (Wildman–Crippen MR) is 108 cm³/mol. The molecular weight excluding hydrogens is 452 g/mol. The molecule has 0 atom stereocenters. The lowest BCUT2D eigenvalue weighted by atomic mass is 10.1. The highest BCUT2D eigenvalue weighted by Crippen LogP contribution is 2.33. The lowest BCUT2D eigenvalue weighted by molar-refractivity contribution is -0.168. The molecule has 0 bridgehead atoms. The van der Waals surface area contributed by atoms with E-state index in [4.69, 9.17) is 9.47 Å². The number of esters is 1. The van der Waals surface area contributed by atoms with Crippen LogP contribution in [0.25, 0.3) is 27.3 Å². The fourth-order valence-electron chi connectivity index (χ4n) is 3.06. The number of alkyl halides is 4. The van der Waals surface area contributed by atoms with Crippen molar-refractivity contribution in [1.29, 1.82) is 0 Å². The van der Waals surface area contributed by atoms with Gasteiger partial charge < -0.3 is 9.47 Å². The van der Waals surface area contributed by atoms with Gasteiger partial charge in [0.1, 0.15) is 22.6 Å². The molecule has 0 saturated carbocycles. The first kappa shape index (κ1) is 22.1. The van der Waals surface area contributed by atoms with Gasteiger partial charge in [-0.15, -0.1) is 16.4 Å². The molecular formula is C20H16F4N4O3S. The molecule has 3 heterocycles. The third kappa shape index (κ3) is 4.02. The van der Waals surface area contributed by atoms with Crippen molar-refractivity contribution in [2.45, 2.75) is 25.9 Å². The van der Waals surface area contributed by atoms with Crippen LogP contribution in [0.5, 0.6) is 0 Å². The van der Waals surface area contributed by atoms with Crippen LogP contribution in [-0.4, -0.2) is 51.6 Å². The smallest absolute Gasteiger partial charge is 0.348 e. The molecule has 0 N–H and O–H groups in total. The van der Waals surface area contributed by atoms with Crippen LogP contribution in [0.2, 0.25) is 0 Å². The number of halogens is 4. The van der Waals surface area contributed by atoms with E-state index in [-0.39, 0.29) is 6.61 Å². The molecule has 0 aliphatic heterocycles. The van der Waals surface area contributed by atoms with E-state index in [9.17, 15) is 22.4 Å². The predicted octanol–water partition coefficient (Wildman–Crippen LogP) is 4.52. The molecule has 0 aliphatic rings. The van der Waals surface area contributed by atoms with Gasteiger partial charge >= 0.3 is 18.3 Å². The lowest BCUT2D eigenvalue weighted by Gasteiger charge is -2.15. The Labute approximate surface area is 182 Å². The molecule has 0 amide bonds. The highest BCUT2D eigenvalue weighted by Gasteiger charge is 2.40. The summed E-state index contributed by atoms with van der Waals surface area (Å²) < 4.78 is 61.2. The van der Waals surface area contributed by atoms with E-state index in [1.807, 2.05) is 0 Å². The fourth-order valence-corrected chi connectivity index (χ4v) is 4.12. The second-order valence-electron chi connectivity index (χ2n) is 6.93. The van der Waals surface area contributed by atoms with Crippen LogP contribution >= 0.6 is 11.3 Å².